The average molecular weight is 266 g/mol. The Kier molecular flexibility index (Phi) is 6.50. The van der Waals surface area contributed by atoms with E-state index >= 15 is 0 Å². The van der Waals surface area contributed by atoms with Gasteiger partial charge in [-0.25, -0.2) is 0 Å². The number of rotatable bonds is 9. The summed E-state index contributed by atoms with van der Waals surface area (Å²) in [5.41, 5.74) is 0. The van der Waals surface area contributed by atoms with Crippen molar-refractivity contribution in [2.45, 2.75) is 57.9 Å². The highest BCUT2D eigenvalue weighted by atomic mass is 19.4. The zero-order chi connectivity index (χ0) is 13.6. The second-order valence-electron chi connectivity index (χ2n) is 4.86. The first kappa shape index (κ1) is 15.8. The van der Waals surface area contributed by atoms with E-state index in [-0.39, 0.29) is 6.42 Å². The highest BCUT2D eigenvalue weighted by Crippen LogP contribution is 2.56. The van der Waals surface area contributed by atoms with Gasteiger partial charge in [0.1, 0.15) is 0 Å². The molecule has 0 radical (unpaired) electrons. The summed E-state index contributed by atoms with van der Waals surface area (Å²) in [4.78, 5) is 0. The maximum atomic E-state index is 12.5. The Morgan fingerprint density at radius 2 is 1.56 bits per heavy atom. The Balaban J connectivity index is 2.35. The summed E-state index contributed by atoms with van der Waals surface area (Å²) >= 11 is 0. The summed E-state index contributed by atoms with van der Waals surface area (Å²) in [5.74, 6) is -1.73. The van der Waals surface area contributed by atoms with Gasteiger partial charge in [-0.05, 0) is 19.3 Å². The third kappa shape index (κ3) is 5.18. The first-order chi connectivity index (χ1) is 8.50. The summed E-state index contributed by atoms with van der Waals surface area (Å²) in [7, 11) is -0.672. The predicted octanol–water partition coefficient (Wildman–Crippen LogP) is 4.06. The molecule has 1 saturated carbocycles. The summed E-state index contributed by atoms with van der Waals surface area (Å²) in [5, 5.41) is 0. The summed E-state index contributed by atoms with van der Waals surface area (Å²) < 4.78 is 48.5. The van der Waals surface area contributed by atoms with Gasteiger partial charge in [0.05, 0.1) is 5.92 Å². The van der Waals surface area contributed by atoms with Gasteiger partial charge >= 0.3 is 13.3 Å². The fourth-order valence-electron chi connectivity index (χ4n) is 1.87. The van der Waals surface area contributed by atoms with Crippen LogP contribution in [0, 0.1) is 5.92 Å². The fourth-order valence-corrected chi connectivity index (χ4v) is 1.87. The molecule has 0 N–H and O–H groups in total. The van der Waals surface area contributed by atoms with Gasteiger partial charge < -0.3 is 9.31 Å². The fraction of sp³-hybridized carbons (Fsp3) is 1.00. The second-order valence-corrected chi connectivity index (χ2v) is 4.86. The number of hydrogen-bond donors (Lipinski definition) is 0. The van der Waals surface area contributed by atoms with E-state index in [1.807, 2.05) is 13.8 Å². The Bertz CT molecular complexity index is 226. The minimum Gasteiger partial charge on any atom is -0.411 e. The maximum Gasteiger partial charge on any atom is 0.460 e. The molecule has 2 nitrogen and oxygen atoms in total. The van der Waals surface area contributed by atoms with Crippen LogP contribution in [-0.2, 0) is 9.31 Å². The third-order valence-corrected chi connectivity index (χ3v) is 3.17. The van der Waals surface area contributed by atoms with E-state index in [4.69, 9.17) is 9.31 Å². The van der Waals surface area contributed by atoms with E-state index in [0.29, 0.717) is 13.2 Å². The zero-order valence-corrected chi connectivity index (χ0v) is 11.1. The quantitative estimate of drug-likeness (QED) is 0.462. The standard InChI is InChI=1S/C12H22BF3O2/c1-3-5-7-17-13(18-8-6-4-2)11-9-10(11)12(14,15)16/h10-11H,3-9H2,1-2H3/t10-,11+/m1/s1. The van der Waals surface area contributed by atoms with Crippen LogP contribution >= 0.6 is 0 Å². The molecule has 0 unspecified atom stereocenters. The second kappa shape index (κ2) is 7.39. The molecule has 0 saturated heterocycles. The molecule has 0 amide bonds. The van der Waals surface area contributed by atoms with Gasteiger partial charge in [-0.15, -0.1) is 0 Å². The number of alkyl halides is 3. The summed E-state index contributed by atoms with van der Waals surface area (Å²) in [6.07, 6.45) is -0.310. The molecule has 1 aliphatic rings. The Labute approximate surface area is 107 Å². The minimum absolute atomic E-state index is 0.145. The van der Waals surface area contributed by atoms with Gasteiger partial charge in [-0.1, -0.05) is 26.7 Å². The van der Waals surface area contributed by atoms with Crippen molar-refractivity contribution in [1.29, 1.82) is 0 Å². The maximum absolute atomic E-state index is 12.5. The van der Waals surface area contributed by atoms with Gasteiger partial charge in [-0.2, -0.15) is 13.2 Å². The molecule has 0 aromatic heterocycles. The van der Waals surface area contributed by atoms with Gasteiger partial charge in [0.25, 0.3) is 0 Å². The van der Waals surface area contributed by atoms with E-state index in [0.717, 1.165) is 25.7 Å². The molecule has 0 heterocycles. The van der Waals surface area contributed by atoms with Crippen molar-refractivity contribution in [2.24, 2.45) is 5.92 Å². The lowest BCUT2D eigenvalue weighted by atomic mass is 9.80. The highest BCUT2D eigenvalue weighted by Gasteiger charge is 2.61. The van der Waals surface area contributed by atoms with Gasteiger partial charge in [0, 0.05) is 19.0 Å². The van der Waals surface area contributed by atoms with Crippen LogP contribution in [0.3, 0.4) is 0 Å². The molecule has 6 heteroatoms. The molecule has 0 aromatic carbocycles. The van der Waals surface area contributed by atoms with Gasteiger partial charge in [0.15, 0.2) is 0 Å². The summed E-state index contributed by atoms with van der Waals surface area (Å²) in [6.45, 7) is 5.00. The molecule has 0 aromatic rings. The van der Waals surface area contributed by atoms with Crippen molar-refractivity contribution in [2.75, 3.05) is 13.2 Å². The van der Waals surface area contributed by atoms with Crippen molar-refractivity contribution < 1.29 is 22.5 Å². The van der Waals surface area contributed by atoms with Crippen LogP contribution in [0.25, 0.3) is 0 Å². The largest absolute Gasteiger partial charge is 0.460 e. The third-order valence-electron chi connectivity index (χ3n) is 3.17. The van der Waals surface area contributed by atoms with Crippen molar-refractivity contribution in [3.05, 3.63) is 0 Å². The van der Waals surface area contributed by atoms with Gasteiger partial charge in [-0.3, -0.25) is 0 Å². The Morgan fingerprint density at radius 1 is 1.06 bits per heavy atom. The minimum atomic E-state index is -4.11. The van der Waals surface area contributed by atoms with Crippen LogP contribution in [0.5, 0.6) is 0 Å². The first-order valence-electron chi connectivity index (χ1n) is 6.80. The molecule has 2 atom stereocenters. The molecule has 1 rings (SSSR count). The van der Waals surface area contributed by atoms with Crippen LogP contribution in [0.2, 0.25) is 5.82 Å². The molecule has 1 fully saturated rings. The lowest BCUT2D eigenvalue weighted by Crippen LogP contribution is -2.27. The average Bonchev–Trinajstić information content (AvgIpc) is 3.07. The summed E-state index contributed by atoms with van der Waals surface area (Å²) in [6, 6.07) is 0. The van der Waals surface area contributed by atoms with Crippen molar-refractivity contribution in [3.63, 3.8) is 0 Å². The van der Waals surface area contributed by atoms with Crippen LogP contribution in [-0.4, -0.2) is 26.5 Å². The molecule has 0 spiro atoms. The topological polar surface area (TPSA) is 18.5 Å². The normalized spacial score (nSPS) is 23.2. The van der Waals surface area contributed by atoms with E-state index in [1.54, 1.807) is 0 Å². The van der Waals surface area contributed by atoms with Crippen LogP contribution in [0.1, 0.15) is 46.0 Å². The zero-order valence-electron chi connectivity index (χ0n) is 11.1. The monoisotopic (exact) mass is 266 g/mol. The first-order valence-corrected chi connectivity index (χ1v) is 6.80. The van der Waals surface area contributed by atoms with E-state index in [2.05, 4.69) is 0 Å². The van der Waals surface area contributed by atoms with Crippen LogP contribution in [0.15, 0.2) is 0 Å². The molecular formula is C12H22BF3O2. The van der Waals surface area contributed by atoms with Crippen LogP contribution in [0.4, 0.5) is 13.2 Å². The van der Waals surface area contributed by atoms with E-state index in [9.17, 15) is 13.2 Å². The van der Waals surface area contributed by atoms with Crippen LogP contribution < -0.4 is 0 Å². The Hall–Kier alpha value is -0.225. The smallest absolute Gasteiger partial charge is 0.411 e. The Morgan fingerprint density at radius 3 is 1.89 bits per heavy atom. The van der Waals surface area contributed by atoms with E-state index in [1.165, 1.54) is 0 Å². The van der Waals surface area contributed by atoms with Gasteiger partial charge in [0.2, 0.25) is 0 Å². The number of unbranched alkanes of at least 4 members (excludes halogenated alkanes) is 2. The van der Waals surface area contributed by atoms with Crippen molar-refractivity contribution >= 4 is 7.12 Å². The predicted molar refractivity (Wildman–Crippen MR) is 65.4 cm³/mol. The van der Waals surface area contributed by atoms with E-state index < -0.39 is 25.0 Å². The molecule has 18 heavy (non-hydrogen) atoms. The molecule has 1 aliphatic carbocycles. The number of halogens is 3. The molecular weight excluding hydrogens is 244 g/mol. The highest BCUT2D eigenvalue weighted by molar-refractivity contribution is 6.47. The van der Waals surface area contributed by atoms with Crippen molar-refractivity contribution in [3.8, 4) is 0 Å². The molecule has 0 bridgehead atoms. The number of hydrogen-bond acceptors (Lipinski definition) is 2. The van der Waals surface area contributed by atoms with Crippen molar-refractivity contribution in [1.82, 2.24) is 0 Å². The lowest BCUT2D eigenvalue weighted by molar-refractivity contribution is -0.147. The molecule has 106 valence electrons. The lowest BCUT2D eigenvalue weighted by Gasteiger charge is -2.15. The molecule has 0 aliphatic heterocycles. The SMILES string of the molecule is CCCCOB(OCCCC)[C@H]1C[C@H]1C(F)(F)F.